The van der Waals surface area contributed by atoms with Gasteiger partial charge in [-0.15, -0.1) is 0 Å². The van der Waals surface area contributed by atoms with E-state index < -0.39 is 0 Å². The van der Waals surface area contributed by atoms with Crippen LogP contribution in [0.15, 0.2) is 42.5 Å². The topological polar surface area (TPSA) is 67.4 Å². The maximum absolute atomic E-state index is 12.2. The highest BCUT2D eigenvalue weighted by Gasteiger charge is 2.23. The number of halogens is 1. The molecule has 0 saturated heterocycles. The van der Waals surface area contributed by atoms with Crippen LogP contribution in [0.4, 0.5) is 0 Å². The van der Waals surface area contributed by atoms with Crippen molar-refractivity contribution in [2.45, 2.75) is 19.4 Å². The summed E-state index contributed by atoms with van der Waals surface area (Å²) in [5.74, 6) is 0.254. The molecule has 2 aromatic rings. The maximum Gasteiger partial charge on any atom is 0.251 e. The van der Waals surface area contributed by atoms with Gasteiger partial charge in [-0.05, 0) is 37.3 Å². The first kappa shape index (κ1) is 17.3. The summed E-state index contributed by atoms with van der Waals surface area (Å²) in [5.41, 5.74) is 2.55. The minimum Gasteiger partial charge on any atom is -0.493 e. The molecule has 130 valence electrons. The molecule has 1 unspecified atom stereocenters. The summed E-state index contributed by atoms with van der Waals surface area (Å²) in [4.78, 5) is 24.2. The number of hydrogen-bond donors (Lipinski definition) is 2. The molecule has 0 radical (unpaired) electrons. The van der Waals surface area contributed by atoms with Gasteiger partial charge < -0.3 is 15.4 Å². The second kappa shape index (κ2) is 7.57. The zero-order chi connectivity index (χ0) is 17.8. The van der Waals surface area contributed by atoms with Crippen LogP contribution >= 0.6 is 11.6 Å². The van der Waals surface area contributed by atoms with Gasteiger partial charge in [0.2, 0.25) is 5.91 Å². The van der Waals surface area contributed by atoms with Crippen molar-refractivity contribution in [3.05, 3.63) is 64.2 Å². The lowest BCUT2D eigenvalue weighted by Gasteiger charge is -2.27. The first-order valence-electron chi connectivity index (χ1n) is 8.09. The first-order chi connectivity index (χ1) is 12.0. The van der Waals surface area contributed by atoms with Crippen molar-refractivity contribution in [2.24, 2.45) is 0 Å². The van der Waals surface area contributed by atoms with Crippen LogP contribution in [0.3, 0.4) is 0 Å². The number of hydrogen-bond acceptors (Lipinski definition) is 3. The van der Waals surface area contributed by atoms with Gasteiger partial charge in [0.05, 0.1) is 19.2 Å². The predicted octanol–water partition coefficient (Wildman–Crippen LogP) is 3.02. The van der Waals surface area contributed by atoms with E-state index in [0.717, 1.165) is 16.9 Å². The maximum atomic E-state index is 12.2. The molecule has 1 atom stereocenters. The molecule has 1 aliphatic rings. The van der Waals surface area contributed by atoms with E-state index in [1.807, 2.05) is 25.1 Å². The standard InChI is InChI=1S/C19H19ClN2O3/c1-12-2-7-17-15(10-12)16(8-9-25-17)22-18(23)11-21-19(24)13-3-5-14(20)6-4-13/h2-7,10,16H,8-9,11H2,1H3,(H,21,24)(H,22,23). The Labute approximate surface area is 151 Å². The van der Waals surface area contributed by atoms with Crippen LogP contribution < -0.4 is 15.4 Å². The highest BCUT2D eigenvalue weighted by atomic mass is 35.5. The summed E-state index contributed by atoms with van der Waals surface area (Å²) in [6, 6.07) is 12.3. The average molecular weight is 359 g/mol. The van der Waals surface area contributed by atoms with E-state index in [9.17, 15) is 9.59 Å². The van der Waals surface area contributed by atoms with Crippen LogP contribution in [0.2, 0.25) is 5.02 Å². The second-order valence-corrected chi connectivity index (χ2v) is 6.42. The predicted molar refractivity (Wildman–Crippen MR) is 96.0 cm³/mol. The number of carbonyl (C=O) groups is 2. The number of fused-ring (bicyclic) bond motifs is 1. The van der Waals surface area contributed by atoms with Crippen LogP contribution in [-0.4, -0.2) is 25.0 Å². The van der Waals surface area contributed by atoms with E-state index in [-0.39, 0.29) is 24.4 Å². The summed E-state index contributed by atoms with van der Waals surface area (Å²) in [5, 5.41) is 6.14. The number of carbonyl (C=O) groups excluding carboxylic acids is 2. The molecule has 0 bridgehead atoms. The Hall–Kier alpha value is -2.53. The monoisotopic (exact) mass is 358 g/mol. The van der Waals surface area contributed by atoms with Crippen LogP contribution in [0.1, 0.15) is 33.9 Å². The molecule has 5 nitrogen and oxygen atoms in total. The van der Waals surface area contributed by atoms with E-state index in [4.69, 9.17) is 16.3 Å². The molecule has 6 heteroatoms. The van der Waals surface area contributed by atoms with Gasteiger partial charge in [-0.1, -0.05) is 29.3 Å². The van der Waals surface area contributed by atoms with Gasteiger partial charge in [-0.25, -0.2) is 0 Å². The second-order valence-electron chi connectivity index (χ2n) is 5.99. The number of amides is 2. The smallest absolute Gasteiger partial charge is 0.251 e. The van der Waals surface area contributed by atoms with Crippen molar-refractivity contribution < 1.29 is 14.3 Å². The van der Waals surface area contributed by atoms with Crippen molar-refractivity contribution in [2.75, 3.05) is 13.2 Å². The molecule has 1 heterocycles. The molecule has 3 rings (SSSR count). The van der Waals surface area contributed by atoms with Gasteiger partial charge in [0, 0.05) is 22.6 Å². The zero-order valence-electron chi connectivity index (χ0n) is 13.8. The third-order valence-corrected chi connectivity index (χ3v) is 4.31. The van der Waals surface area contributed by atoms with Crippen molar-refractivity contribution in [3.8, 4) is 5.75 Å². The highest BCUT2D eigenvalue weighted by Crippen LogP contribution is 2.32. The van der Waals surface area contributed by atoms with E-state index in [0.29, 0.717) is 23.6 Å². The molecule has 0 saturated carbocycles. The molecule has 25 heavy (non-hydrogen) atoms. The Morgan fingerprint density at radius 2 is 1.96 bits per heavy atom. The minimum atomic E-state index is -0.310. The third-order valence-electron chi connectivity index (χ3n) is 4.06. The van der Waals surface area contributed by atoms with E-state index >= 15 is 0 Å². The van der Waals surface area contributed by atoms with Gasteiger partial charge in [0.25, 0.3) is 5.91 Å². The number of rotatable bonds is 4. The van der Waals surface area contributed by atoms with Crippen LogP contribution in [0, 0.1) is 6.92 Å². The number of nitrogens with one attached hydrogen (secondary N) is 2. The Morgan fingerprint density at radius 1 is 1.20 bits per heavy atom. The zero-order valence-corrected chi connectivity index (χ0v) is 14.6. The largest absolute Gasteiger partial charge is 0.493 e. The van der Waals surface area contributed by atoms with Crippen LogP contribution in [0.5, 0.6) is 5.75 Å². The molecule has 2 N–H and O–H groups in total. The molecule has 1 aliphatic heterocycles. The lowest BCUT2D eigenvalue weighted by atomic mass is 9.98. The normalized spacial score (nSPS) is 15.7. The molecule has 0 fully saturated rings. The van der Waals surface area contributed by atoms with Crippen LogP contribution in [-0.2, 0) is 4.79 Å². The fourth-order valence-electron chi connectivity index (χ4n) is 2.77. The Bertz CT molecular complexity index is 790. The van der Waals surface area contributed by atoms with E-state index in [2.05, 4.69) is 10.6 Å². The summed E-state index contributed by atoms with van der Waals surface area (Å²) >= 11 is 5.80. The quantitative estimate of drug-likeness (QED) is 0.882. The lowest BCUT2D eigenvalue weighted by Crippen LogP contribution is -2.40. The van der Waals surface area contributed by atoms with E-state index in [1.54, 1.807) is 24.3 Å². The highest BCUT2D eigenvalue weighted by molar-refractivity contribution is 6.30. The molecular weight excluding hydrogens is 340 g/mol. The van der Waals surface area contributed by atoms with Crippen LogP contribution in [0.25, 0.3) is 0 Å². The minimum absolute atomic E-state index is 0.0834. The SMILES string of the molecule is Cc1ccc2c(c1)C(NC(=O)CNC(=O)c1ccc(Cl)cc1)CCO2. The van der Waals surface area contributed by atoms with Crippen molar-refractivity contribution in [1.29, 1.82) is 0 Å². The van der Waals surface area contributed by atoms with Gasteiger partial charge >= 0.3 is 0 Å². The summed E-state index contributed by atoms with van der Waals surface area (Å²) in [6.45, 7) is 2.47. The van der Waals surface area contributed by atoms with Gasteiger partial charge in [-0.3, -0.25) is 9.59 Å². The van der Waals surface area contributed by atoms with Gasteiger partial charge in [-0.2, -0.15) is 0 Å². The Balaban J connectivity index is 1.58. The van der Waals surface area contributed by atoms with E-state index in [1.165, 1.54) is 0 Å². The molecule has 0 aliphatic carbocycles. The number of ether oxygens (including phenoxy) is 1. The fourth-order valence-corrected chi connectivity index (χ4v) is 2.90. The number of aryl methyl sites for hydroxylation is 1. The van der Waals surface area contributed by atoms with Crippen molar-refractivity contribution in [3.63, 3.8) is 0 Å². The Kier molecular flexibility index (Phi) is 5.24. The molecule has 0 spiro atoms. The summed E-state index contributed by atoms with van der Waals surface area (Å²) < 4.78 is 5.62. The molecule has 0 aromatic heterocycles. The Morgan fingerprint density at radius 3 is 2.72 bits per heavy atom. The molecular formula is C19H19ClN2O3. The van der Waals surface area contributed by atoms with Crippen molar-refractivity contribution >= 4 is 23.4 Å². The molecule has 2 amide bonds. The third kappa shape index (κ3) is 4.31. The first-order valence-corrected chi connectivity index (χ1v) is 8.47. The van der Waals surface area contributed by atoms with Gasteiger partial charge in [0.15, 0.2) is 0 Å². The number of benzene rings is 2. The fraction of sp³-hybridized carbons (Fsp3) is 0.263. The van der Waals surface area contributed by atoms with Gasteiger partial charge in [0.1, 0.15) is 5.75 Å². The lowest BCUT2D eigenvalue weighted by molar-refractivity contribution is -0.121. The summed E-state index contributed by atoms with van der Waals surface area (Å²) in [7, 11) is 0. The summed E-state index contributed by atoms with van der Waals surface area (Å²) in [6.07, 6.45) is 0.702. The average Bonchev–Trinajstić information content (AvgIpc) is 2.61. The van der Waals surface area contributed by atoms with Crippen molar-refractivity contribution in [1.82, 2.24) is 10.6 Å². The molecule has 2 aromatic carbocycles.